The van der Waals surface area contributed by atoms with Gasteiger partial charge in [0.15, 0.2) is 9.84 Å². The Morgan fingerprint density at radius 1 is 1.32 bits per heavy atom. The van der Waals surface area contributed by atoms with Crippen molar-refractivity contribution in [2.24, 2.45) is 5.92 Å². The molecule has 0 saturated carbocycles. The summed E-state index contributed by atoms with van der Waals surface area (Å²) < 4.78 is 28.2. The van der Waals surface area contributed by atoms with Gasteiger partial charge in [0.2, 0.25) is 5.91 Å². The van der Waals surface area contributed by atoms with Gasteiger partial charge in [0.1, 0.15) is 5.75 Å². The van der Waals surface area contributed by atoms with Crippen LogP contribution in [-0.2, 0) is 25.8 Å². The normalized spacial score (nSPS) is 22.5. The molecule has 5 nitrogen and oxygen atoms in total. The lowest BCUT2D eigenvalue weighted by Crippen LogP contribution is -2.48. The molecule has 0 aromatic heterocycles. The fourth-order valence-electron chi connectivity index (χ4n) is 2.98. The van der Waals surface area contributed by atoms with E-state index < -0.39 is 15.6 Å². The van der Waals surface area contributed by atoms with Crippen LogP contribution in [0.3, 0.4) is 0 Å². The molecule has 1 aliphatic heterocycles. The third kappa shape index (κ3) is 4.81. The van der Waals surface area contributed by atoms with Gasteiger partial charge >= 0.3 is 0 Å². The highest BCUT2D eigenvalue weighted by Gasteiger charge is 2.32. The van der Waals surface area contributed by atoms with Crippen LogP contribution in [0.1, 0.15) is 12.0 Å². The Morgan fingerprint density at radius 2 is 2.00 bits per heavy atom. The zero-order chi connectivity index (χ0) is 16.2. The van der Waals surface area contributed by atoms with Gasteiger partial charge in [-0.15, -0.1) is 0 Å². The SMILES string of the molecule is CO[C@@H]1CCN(C(=O)CS(C)(=O)=O)C[C@H]1Cc1ccccc1. The molecule has 1 aliphatic rings. The molecule has 0 unspecified atom stereocenters. The number of hydrogen-bond donors (Lipinski definition) is 0. The molecule has 6 heteroatoms. The molecule has 0 spiro atoms. The van der Waals surface area contributed by atoms with E-state index in [1.807, 2.05) is 18.2 Å². The monoisotopic (exact) mass is 325 g/mol. The number of piperidine rings is 1. The number of likely N-dealkylation sites (tertiary alicyclic amines) is 1. The third-order valence-electron chi connectivity index (χ3n) is 4.05. The van der Waals surface area contributed by atoms with Gasteiger partial charge < -0.3 is 9.64 Å². The van der Waals surface area contributed by atoms with E-state index in [2.05, 4.69) is 12.1 Å². The lowest BCUT2D eigenvalue weighted by molar-refractivity contribution is -0.132. The smallest absolute Gasteiger partial charge is 0.237 e. The largest absolute Gasteiger partial charge is 0.381 e. The maximum Gasteiger partial charge on any atom is 0.237 e. The number of carbonyl (C=O) groups is 1. The summed E-state index contributed by atoms with van der Waals surface area (Å²) in [4.78, 5) is 13.8. The molecule has 22 heavy (non-hydrogen) atoms. The average Bonchev–Trinajstić information content (AvgIpc) is 2.46. The van der Waals surface area contributed by atoms with Crippen LogP contribution in [0.15, 0.2) is 30.3 Å². The van der Waals surface area contributed by atoms with Gasteiger partial charge in [-0.3, -0.25) is 4.79 Å². The van der Waals surface area contributed by atoms with Gasteiger partial charge in [0, 0.05) is 32.4 Å². The van der Waals surface area contributed by atoms with Gasteiger partial charge in [-0.25, -0.2) is 8.42 Å². The molecule has 0 bridgehead atoms. The second-order valence-electron chi connectivity index (χ2n) is 5.92. The number of benzene rings is 1. The van der Waals surface area contributed by atoms with Crippen LogP contribution in [0, 0.1) is 5.92 Å². The summed E-state index contributed by atoms with van der Waals surface area (Å²) >= 11 is 0. The van der Waals surface area contributed by atoms with Crippen LogP contribution in [0.5, 0.6) is 0 Å². The quantitative estimate of drug-likeness (QED) is 0.814. The lowest BCUT2D eigenvalue weighted by atomic mass is 9.88. The van der Waals surface area contributed by atoms with Crippen LogP contribution in [-0.4, -0.2) is 57.5 Å². The molecule has 1 aromatic rings. The van der Waals surface area contributed by atoms with E-state index in [0.717, 1.165) is 19.1 Å². The molecular formula is C16H23NO4S. The molecule has 122 valence electrons. The minimum absolute atomic E-state index is 0.0995. The highest BCUT2D eigenvalue weighted by molar-refractivity contribution is 7.91. The van der Waals surface area contributed by atoms with Crippen LogP contribution >= 0.6 is 0 Å². The van der Waals surface area contributed by atoms with Crippen molar-refractivity contribution in [2.45, 2.75) is 18.9 Å². The van der Waals surface area contributed by atoms with E-state index in [9.17, 15) is 13.2 Å². The highest BCUT2D eigenvalue weighted by atomic mass is 32.2. The Balaban J connectivity index is 2.05. The second kappa shape index (κ2) is 7.24. The standard InChI is InChI=1S/C16H23NO4S/c1-21-15-8-9-17(16(18)12-22(2,19)20)11-14(15)10-13-6-4-3-5-7-13/h3-7,14-15H,8-12H2,1-2H3/t14-,15-/m1/s1. The van der Waals surface area contributed by atoms with Gasteiger partial charge in [0.25, 0.3) is 0 Å². The van der Waals surface area contributed by atoms with E-state index >= 15 is 0 Å². The van der Waals surface area contributed by atoms with Crippen molar-refractivity contribution in [2.75, 3.05) is 32.2 Å². The Labute approximate surface area is 132 Å². The Bertz CT molecular complexity index is 600. The molecule has 0 aliphatic carbocycles. The summed E-state index contributed by atoms with van der Waals surface area (Å²) in [5.41, 5.74) is 1.20. The van der Waals surface area contributed by atoms with Crippen molar-refractivity contribution in [3.05, 3.63) is 35.9 Å². The molecule has 1 fully saturated rings. The number of ether oxygens (including phenoxy) is 1. The average molecular weight is 325 g/mol. The van der Waals surface area contributed by atoms with Crippen molar-refractivity contribution in [3.63, 3.8) is 0 Å². The topological polar surface area (TPSA) is 63.7 Å². The maximum atomic E-state index is 12.1. The Morgan fingerprint density at radius 3 is 2.59 bits per heavy atom. The number of carbonyl (C=O) groups excluding carboxylic acids is 1. The minimum atomic E-state index is -3.29. The predicted octanol–water partition coefficient (Wildman–Crippen LogP) is 1.14. The molecule has 0 radical (unpaired) electrons. The number of hydrogen-bond acceptors (Lipinski definition) is 4. The first-order chi connectivity index (χ1) is 10.4. The summed E-state index contributed by atoms with van der Waals surface area (Å²) in [7, 11) is -1.60. The molecular weight excluding hydrogens is 302 g/mol. The number of amides is 1. The number of nitrogens with zero attached hydrogens (tertiary/aromatic N) is 1. The minimum Gasteiger partial charge on any atom is -0.381 e. The van der Waals surface area contributed by atoms with Crippen LogP contribution in [0.25, 0.3) is 0 Å². The van der Waals surface area contributed by atoms with Crippen LogP contribution in [0.4, 0.5) is 0 Å². The van der Waals surface area contributed by atoms with E-state index in [-0.39, 0.29) is 17.9 Å². The van der Waals surface area contributed by atoms with Crippen molar-refractivity contribution >= 4 is 15.7 Å². The summed E-state index contributed by atoms with van der Waals surface area (Å²) in [5.74, 6) is -0.539. The molecule has 2 rings (SSSR count). The van der Waals surface area contributed by atoms with E-state index in [4.69, 9.17) is 4.74 Å². The predicted molar refractivity (Wildman–Crippen MR) is 85.3 cm³/mol. The van der Waals surface area contributed by atoms with E-state index in [0.29, 0.717) is 13.1 Å². The summed E-state index contributed by atoms with van der Waals surface area (Å²) in [6.07, 6.45) is 2.75. The van der Waals surface area contributed by atoms with Crippen molar-refractivity contribution in [3.8, 4) is 0 Å². The molecule has 0 N–H and O–H groups in total. The Kier molecular flexibility index (Phi) is 5.58. The Hall–Kier alpha value is -1.40. The first kappa shape index (κ1) is 17.0. The van der Waals surface area contributed by atoms with Gasteiger partial charge in [0.05, 0.1) is 6.10 Å². The summed E-state index contributed by atoms with van der Waals surface area (Å²) in [6.45, 7) is 1.10. The fraction of sp³-hybridized carbons (Fsp3) is 0.562. The maximum absolute atomic E-state index is 12.1. The molecule has 1 saturated heterocycles. The molecule has 2 atom stereocenters. The second-order valence-corrected chi connectivity index (χ2v) is 8.06. The van der Waals surface area contributed by atoms with E-state index in [1.54, 1.807) is 12.0 Å². The number of sulfone groups is 1. The zero-order valence-corrected chi connectivity index (χ0v) is 13.9. The first-order valence-corrected chi connectivity index (χ1v) is 9.47. The van der Waals surface area contributed by atoms with Crippen LogP contribution in [0.2, 0.25) is 0 Å². The fourth-order valence-corrected chi connectivity index (χ4v) is 3.61. The number of methoxy groups -OCH3 is 1. The van der Waals surface area contributed by atoms with Gasteiger partial charge in [-0.1, -0.05) is 30.3 Å². The van der Waals surface area contributed by atoms with Crippen molar-refractivity contribution in [1.82, 2.24) is 4.90 Å². The molecule has 1 amide bonds. The summed E-state index contributed by atoms with van der Waals surface area (Å²) in [6, 6.07) is 10.1. The number of rotatable bonds is 5. The summed E-state index contributed by atoms with van der Waals surface area (Å²) in [5, 5.41) is 0. The first-order valence-electron chi connectivity index (χ1n) is 7.41. The van der Waals surface area contributed by atoms with Crippen molar-refractivity contribution in [1.29, 1.82) is 0 Å². The van der Waals surface area contributed by atoms with Crippen LogP contribution < -0.4 is 0 Å². The molecule has 1 aromatic carbocycles. The zero-order valence-electron chi connectivity index (χ0n) is 13.1. The van der Waals surface area contributed by atoms with Crippen molar-refractivity contribution < 1.29 is 17.9 Å². The lowest BCUT2D eigenvalue weighted by Gasteiger charge is -2.38. The van der Waals surface area contributed by atoms with E-state index in [1.165, 1.54) is 5.56 Å². The van der Waals surface area contributed by atoms with Gasteiger partial charge in [-0.05, 0) is 18.4 Å². The highest BCUT2D eigenvalue weighted by Crippen LogP contribution is 2.24. The van der Waals surface area contributed by atoms with Gasteiger partial charge in [-0.2, -0.15) is 0 Å². The molecule has 1 heterocycles. The third-order valence-corrected chi connectivity index (χ3v) is 4.82.